The topological polar surface area (TPSA) is 52.3 Å². The Morgan fingerprint density at radius 2 is 1.78 bits per heavy atom. The van der Waals surface area contributed by atoms with E-state index in [4.69, 9.17) is 10.5 Å². The Labute approximate surface area is 115 Å². The lowest BCUT2D eigenvalue weighted by molar-refractivity contribution is -0.143. The predicted octanol–water partition coefficient (Wildman–Crippen LogP) is 2.99. The second-order valence-electron chi connectivity index (χ2n) is 4.43. The molecule has 0 aliphatic heterocycles. The fraction of sp³-hybridized carbons (Fsp3) is 0.500. The number of hydrogen-bond donors (Lipinski definition) is 1. The molecule has 1 aromatic carbocycles. The van der Waals surface area contributed by atoms with Gasteiger partial charge in [0.2, 0.25) is 0 Å². The quantitative estimate of drug-likeness (QED) is 0.857. The summed E-state index contributed by atoms with van der Waals surface area (Å²) in [4.78, 5) is 11.4. The molecule has 0 saturated carbocycles. The first-order valence-electron chi connectivity index (χ1n) is 5.94. The Morgan fingerprint density at radius 3 is 2.22 bits per heavy atom. The van der Waals surface area contributed by atoms with Gasteiger partial charge in [0, 0.05) is 6.04 Å². The summed E-state index contributed by atoms with van der Waals surface area (Å²) in [6.45, 7) is 8.31. The summed E-state index contributed by atoms with van der Waals surface area (Å²) in [5, 5.41) is 0. The number of aryl methyl sites for hydroxylation is 3. The first kappa shape index (κ1) is 16.9. The van der Waals surface area contributed by atoms with Crippen LogP contribution in [-0.2, 0) is 9.53 Å². The number of nitrogens with two attached hydrogens (primary N) is 1. The van der Waals surface area contributed by atoms with Crippen molar-refractivity contribution < 1.29 is 9.53 Å². The molecule has 0 unspecified atom stereocenters. The fourth-order valence-electron chi connectivity index (χ4n) is 2.28. The average molecular weight is 272 g/mol. The van der Waals surface area contributed by atoms with Crippen LogP contribution in [0.4, 0.5) is 0 Å². The zero-order valence-corrected chi connectivity index (χ0v) is 12.3. The highest BCUT2D eigenvalue weighted by Gasteiger charge is 2.16. The van der Waals surface area contributed by atoms with Crippen LogP contribution in [0.5, 0.6) is 0 Å². The van der Waals surface area contributed by atoms with Gasteiger partial charge in [-0.1, -0.05) is 17.7 Å². The van der Waals surface area contributed by atoms with Crippen molar-refractivity contribution in [2.75, 3.05) is 6.61 Å². The van der Waals surface area contributed by atoms with Crippen molar-refractivity contribution >= 4 is 18.4 Å². The molecule has 0 heterocycles. The molecular weight excluding hydrogens is 250 g/mol. The Hall–Kier alpha value is -1.06. The highest BCUT2D eigenvalue weighted by molar-refractivity contribution is 5.85. The van der Waals surface area contributed by atoms with Crippen LogP contribution in [0, 0.1) is 20.8 Å². The largest absolute Gasteiger partial charge is 0.466 e. The van der Waals surface area contributed by atoms with Crippen molar-refractivity contribution in [2.24, 2.45) is 5.73 Å². The number of esters is 1. The third kappa shape index (κ3) is 4.31. The van der Waals surface area contributed by atoms with Crippen LogP contribution in [-0.4, -0.2) is 12.6 Å². The second-order valence-corrected chi connectivity index (χ2v) is 4.43. The molecule has 0 spiro atoms. The molecule has 0 fully saturated rings. The van der Waals surface area contributed by atoms with E-state index in [1.807, 2.05) is 13.8 Å². The molecule has 18 heavy (non-hydrogen) atoms. The molecule has 0 amide bonds. The van der Waals surface area contributed by atoms with Crippen molar-refractivity contribution in [3.05, 3.63) is 34.4 Å². The number of hydrogen-bond acceptors (Lipinski definition) is 3. The number of carbonyl (C=O) groups excluding carboxylic acids is 1. The van der Waals surface area contributed by atoms with Gasteiger partial charge >= 0.3 is 5.97 Å². The monoisotopic (exact) mass is 271 g/mol. The molecule has 102 valence electrons. The number of rotatable bonds is 4. The van der Waals surface area contributed by atoms with E-state index in [9.17, 15) is 4.79 Å². The van der Waals surface area contributed by atoms with Gasteiger partial charge < -0.3 is 10.5 Å². The molecule has 4 heteroatoms. The van der Waals surface area contributed by atoms with E-state index in [1.165, 1.54) is 5.56 Å². The third-order valence-electron chi connectivity index (χ3n) is 2.80. The Kier molecular flexibility index (Phi) is 6.96. The lowest BCUT2D eigenvalue weighted by atomic mass is 9.93. The molecule has 3 nitrogen and oxygen atoms in total. The summed E-state index contributed by atoms with van der Waals surface area (Å²) < 4.78 is 4.92. The number of ether oxygens (including phenoxy) is 1. The van der Waals surface area contributed by atoms with Gasteiger partial charge in [-0.15, -0.1) is 12.4 Å². The summed E-state index contributed by atoms with van der Waals surface area (Å²) in [6.07, 6.45) is 0.235. The molecule has 1 atom stereocenters. The van der Waals surface area contributed by atoms with Gasteiger partial charge in [0.05, 0.1) is 13.0 Å². The van der Waals surface area contributed by atoms with Crippen LogP contribution in [0.1, 0.15) is 41.6 Å². The molecule has 0 bridgehead atoms. The van der Waals surface area contributed by atoms with Gasteiger partial charge in [0.15, 0.2) is 0 Å². The summed E-state index contributed by atoms with van der Waals surface area (Å²) >= 11 is 0. The van der Waals surface area contributed by atoms with E-state index in [2.05, 4.69) is 19.1 Å². The van der Waals surface area contributed by atoms with Gasteiger partial charge in [-0.2, -0.15) is 0 Å². The highest BCUT2D eigenvalue weighted by Crippen LogP contribution is 2.24. The molecule has 0 aliphatic rings. The first-order chi connectivity index (χ1) is 7.95. The van der Waals surface area contributed by atoms with Crippen LogP contribution < -0.4 is 5.73 Å². The molecule has 0 saturated heterocycles. The normalized spacial score (nSPS) is 11.6. The lowest BCUT2D eigenvalue weighted by Gasteiger charge is -2.17. The second kappa shape index (κ2) is 7.39. The van der Waals surface area contributed by atoms with Crippen LogP contribution >= 0.6 is 12.4 Å². The Balaban J connectivity index is 0.00000289. The molecule has 0 radical (unpaired) electrons. The van der Waals surface area contributed by atoms with Gasteiger partial charge in [0.25, 0.3) is 0 Å². The summed E-state index contributed by atoms with van der Waals surface area (Å²) in [5.74, 6) is -0.237. The van der Waals surface area contributed by atoms with Gasteiger partial charge in [-0.05, 0) is 44.4 Å². The maximum Gasteiger partial charge on any atom is 0.307 e. The van der Waals surface area contributed by atoms with Gasteiger partial charge in [0.1, 0.15) is 0 Å². The van der Waals surface area contributed by atoms with Crippen LogP contribution in [0.2, 0.25) is 0 Å². The predicted molar refractivity (Wildman–Crippen MR) is 76.1 cm³/mol. The van der Waals surface area contributed by atoms with Crippen molar-refractivity contribution in [2.45, 2.75) is 40.2 Å². The van der Waals surface area contributed by atoms with E-state index in [-0.39, 0.29) is 30.8 Å². The van der Waals surface area contributed by atoms with E-state index >= 15 is 0 Å². The minimum atomic E-state index is -0.283. The maximum atomic E-state index is 11.4. The first-order valence-corrected chi connectivity index (χ1v) is 5.94. The van der Waals surface area contributed by atoms with E-state index in [1.54, 1.807) is 6.92 Å². The zero-order chi connectivity index (χ0) is 13.0. The van der Waals surface area contributed by atoms with Crippen molar-refractivity contribution in [3.8, 4) is 0 Å². The number of carbonyl (C=O) groups is 1. The number of benzene rings is 1. The Morgan fingerprint density at radius 1 is 1.28 bits per heavy atom. The average Bonchev–Trinajstić information content (AvgIpc) is 2.15. The molecular formula is C14H22ClNO2. The van der Waals surface area contributed by atoms with E-state index < -0.39 is 0 Å². The minimum absolute atomic E-state index is 0. The van der Waals surface area contributed by atoms with Gasteiger partial charge in [-0.25, -0.2) is 0 Å². The summed E-state index contributed by atoms with van der Waals surface area (Å²) in [5.41, 5.74) is 10.6. The molecule has 1 rings (SSSR count). The van der Waals surface area contributed by atoms with Crippen molar-refractivity contribution in [1.29, 1.82) is 0 Å². The lowest BCUT2D eigenvalue weighted by Crippen LogP contribution is -2.19. The van der Waals surface area contributed by atoms with Crippen molar-refractivity contribution in [1.82, 2.24) is 0 Å². The van der Waals surface area contributed by atoms with Crippen molar-refractivity contribution in [3.63, 3.8) is 0 Å². The van der Waals surface area contributed by atoms with E-state index in [0.717, 1.165) is 16.7 Å². The minimum Gasteiger partial charge on any atom is -0.466 e. The Bertz CT molecular complexity index is 395. The maximum absolute atomic E-state index is 11.4. The van der Waals surface area contributed by atoms with Gasteiger partial charge in [-0.3, -0.25) is 4.79 Å². The van der Waals surface area contributed by atoms with Crippen LogP contribution in [0.15, 0.2) is 12.1 Å². The van der Waals surface area contributed by atoms with Crippen LogP contribution in [0.3, 0.4) is 0 Å². The molecule has 1 aromatic rings. The standard InChI is InChI=1S/C14H21NO2.ClH/c1-5-17-13(16)8-12(15)14-10(3)6-9(2)7-11(14)4;/h6-7,12H,5,8,15H2,1-4H3;1H/t12-;/m1./s1. The highest BCUT2D eigenvalue weighted by atomic mass is 35.5. The molecule has 0 aliphatic carbocycles. The zero-order valence-electron chi connectivity index (χ0n) is 11.4. The molecule has 2 N–H and O–H groups in total. The fourth-order valence-corrected chi connectivity index (χ4v) is 2.28. The smallest absolute Gasteiger partial charge is 0.307 e. The molecule has 0 aromatic heterocycles. The summed E-state index contributed by atoms with van der Waals surface area (Å²) in [7, 11) is 0. The number of halogens is 1. The third-order valence-corrected chi connectivity index (χ3v) is 2.80. The SMILES string of the molecule is CCOC(=O)C[C@@H](N)c1c(C)cc(C)cc1C.Cl. The van der Waals surface area contributed by atoms with E-state index in [0.29, 0.717) is 6.61 Å². The summed E-state index contributed by atoms with van der Waals surface area (Å²) in [6, 6.07) is 3.90. The van der Waals surface area contributed by atoms with Crippen LogP contribution in [0.25, 0.3) is 0 Å².